The predicted molar refractivity (Wildman–Crippen MR) is 81.9 cm³/mol. The Hall–Kier alpha value is -2.80. The van der Waals surface area contributed by atoms with Crippen molar-refractivity contribution in [1.29, 1.82) is 5.26 Å². The van der Waals surface area contributed by atoms with E-state index < -0.39 is 0 Å². The molecule has 1 aromatic carbocycles. The second kappa shape index (κ2) is 6.10. The summed E-state index contributed by atoms with van der Waals surface area (Å²) in [7, 11) is 0. The van der Waals surface area contributed by atoms with E-state index in [4.69, 9.17) is 5.26 Å². The third-order valence-electron chi connectivity index (χ3n) is 3.12. The summed E-state index contributed by atoms with van der Waals surface area (Å²) in [5.74, 6) is -0.493. The fourth-order valence-corrected chi connectivity index (χ4v) is 1.96. The second-order valence-electron chi connectivity index (χ2n) is 4.88. The number of hydrogen-bond donors (Lipinski definition) is 2. The Morgan fingerprint density at radius 3 is 2.33 bits per heavy atom. The summed E-state index contributed by atoms with van der Waals surface area (Å²) >= 11 is 0. The Labute approximate surface area is 123 Å². The van der Waals surface area contributed by atoms with E-state index >= 15 is 0 Å². The molecule has 2 N–H and O–H groups in total. The number of nitrogens with one attached hydrogen (secondary N) is 1. The molecule has 0 saturated heterocycles. The van der Waals surface area contributed by atoms with Crippen molar-refractivity contribution in [3.05, 3.63) is 48.0 Å². The van der Waals surface area contributed by atoms with Gasteiger partial charge < -0.3 is 10.4 Å². The van der Waals surface area contributed by atoms with Crippen molar-refractivity contribution in [2.24, 2.45) is 0 Å². The van der Waals surface area contributed by atoms with Crippen molar-refractivity contribution in [3.63, 3.8) is 0 Å². The van der Waals surface area contributed by atoms with Crippen LogP contribution in [0.1, 0.15) is 25.3 Å². The number of nitriles is 1. The first-order valence-electron chi connectivity index (χ1n) is 6.62. The molecule has 1 atom stereocenters. The molecule has 0 heterocycles. The highest BCUT2D eigenvalue weighted by Crippen LogP contribution is 2.32. The molecule has 0 bridgehead atoms. The van der Waals surface area contributed by atoms with Crippen molar-refractivity contribution in [1.82, 2.24) is 0 Å². The molecule has 3 rings (SSSR count). The number of carbonyl (C=O) groups is 1. The highest BCUT2D eigenvalue weighted by Gasteiger charge is 2.11. The van der Waals surface area contributed by atoms with Crippen LogP contribution in [0.3, 0.4) is 0 Å². The van der Waals surface area contributed by atoms with Gasteiger partial charge in [-0.15, -0.1) is 0 Å². The summed E-state index contributed by atoms with van der Waals surface area (Å²) in [6.45, 7) is 3.11. The maximum Gasteiger partial charge on any atom is 0.221 e. The van der Waals surface area contributed by atoms with Gasteiger partial charge >= 0.3 is 0 Å². The average molecular weight is 280 g/mol. The summed E-state index contributed by atoms with van der Waals surface area (Å²) in [6, 6.07) is 15.1. The molecule has 0 spiro atoms. The molecule has 0 aliphatic heterocycles. The van der Waals surface area contributed by atoms with Crippen LogP contribution in [0.15, 0.2) is 42.5 Å². The molecule has 2 aliphatic rings. The molecule has 0 saturated carbocycles. The number of benzene rings is 2. The third-order valence-corrected chi connectivity index (χ3v) is 3.12. The van der Waals surface area contributed by atoms with Crippen molar-refractivity contribution >= 4 is 11.6 Å². The number of aromatic hydroxyl groups is 1. The summed E-state index contributed by atoms with van der Waals surface area (Å²) in [5.41, 5.74) is 4.03. The SMILES string of the molecule is CC(=O)Nc1cc(O)ccc1C(C)C#N.c1cc2cc-2c1. The van der Waals surface area contributed by atoms with E-state index in [2.05, 4.69) is 35.7 Å². The lowest BCUT2D eigenvalue weighted by Gasteiger charge is -2.11. The van der Waals surface area contributed by atoms with Crippen LogP contribution in [0.25, 0.3) is 11.1 Å². The molecule has 1 aromatic rings. The summed E-state index contributed by atoms with van der Waals surface area (Å²) in [4.78, 5) is 10.9. The fraction of sp³-hybridized carbons (Fsp3) is 0.176. The van der Waals surface area contributed by atoms with Gasteiger partial charge in [0.1, 0.15) is 5.75 Å². The molecule has 1 amide bonds. The Morgan fingerprint density at radius 1 is 1.24 bits per heavy atom. The van der Waals surface area contributed by atoms with Gasteiger partial charge in [0, 0.05) is 18.7 Å². The van der Waals surface area contributed by atoms with Gasteiger partial charge in [-0.2, -0.15) is 5.26 Å². The summed E-state index contributed by atoms with van der Waals surface area (Å²) < 4.78 is 0. The number of phenolic OH excluding ortho intramolecular Hbond substituents is 1. The molecule has 2 aliphatic carbocycles. The molecular formula is C17H16N2O2. The van der Waals surface area contributed by atoms with E-state index in [1.54, 1.807) is 13.0 Å². The van der Waals surface area contributed by atoms with E-state index in [0.717, 1.165) is 0 Å². The number of phenols is 1. The summed E-state index contributed by atoms with van der Waals surface area (Å²) in [6.07, 6.45) is 0. The first-order valence-corrected chi connectivity index (χ1v) is 6.62. The lowest BCUT2D eigenvalue weighted by Crippen LogP contribution is -2.08. The number of carbonyl (C=O) groups excluding carboxylic acids is 1. The second-order valence-corrected chi connectivity index (χ2v) is 4.88. The zero-order valence-electron chi connectivity index (χ0n) is 11.9. The Balaban J connectivity index is 0.000000218. The Morgan fingerprint density at radius 2 is 1.90 bits per heavy atom. The Kier molecular flexibility index (Phi) is 4.24. The average Bonchev–Trinajstić information content (AvgIpc) is 3.04. The lowest BCUT2D eigenvalue weighted by molar-refractivity contribution is -0.114. The maximum atomic E-state index is 10.9. The first-order chi connectivity index (χ1) is 10.0. The van der Waals surface area contributed by atoms with Crippen LogP contribution in [-0.2, 0) is 4.79 Å². The molecule has 0 radical (unpaired) electrons. The van der Waals surface area contributed by atoms with Crippen LogP contribution in [0.5, 0.6) is 5.75 Å². The van der Waals surface area contributed by atoms with Gasteiger partial charge in [0.2, 0.25) is 5.91 Å². The van der Waals surface area contributed by atoms with Gasteiger partial charge in [-0.1, -0.05) is 24.3 Å². The van der Waals surface area contributed by atoms with Crippen LogP contribution >= 0.6 is 0 Å². The standard InChI is InChI=1S/C11H12N2O2.C6H4/c1-7(6-12)10-4-3-9(15)5-11(10)13-8(2)14;1-2-5-4-6(5)3-1/h3-5,7,15H,1-2H3,(H,13,14);1-4H. The van der Waals surface area contributed by atoms with Crippen LogP contribution in [0.2, 0.25) is 0 Å². The topological polar surface area (TPSA) is 73.1 Å². The minimum atomic E-state index is -0.326. The molecule has 106 valence electrons. The molecule has 1 unspecified atom stereocenters. The minimum Gasteiger partial charge on any atom is -0.508 e. The van der Waals surface area contributed by atoms with Crippen molar-refractivity contribution in [3.8, 4) is 22.9 Å². The third kappa shape index (κ3) is 3.83. The number of hydrogen-bond acceptors (Lipinski definition) is 3. The number of anilines is 1. The molecule has 0 fully saturated rings. The van der Waals surface area contributed by atoms with Gasteiger partial charge in [-0.3, -0.25) is 4.79 Å². The zero-order valence-corrected chi connectivity index (χ0v) is 11.9. The maximum absolute atomic E-state index is 10.9. The van der Waals surface area contributed by atoms with Crippen LogP contribution in [-0.4, -0.2) is 11.0 Å². The van der Waals surface area contributed by atoms with E-state index in [-0.39, 0.29) is 17.6 Å². The highest BCUT2D eigenvalue weighted by molar-refractivity contribution is 5.90. The largest absolute Gasteiger partial charge is 0.508 e. The van der Waals surface area contributed by atoms with Crippen molar-refractivity contribution in [2.75, 3.05) is 5.32 Å². The summed E-state index contributed by atoms with van der Waals surface area (Å²) in [5, 5.41) is 20.6. The quantitative estimate of drug-likeness (QED) is 0.752. The van der Waals surface area contributed by atoms with E-state index in [9.17, 15) is 9.90 Å². The molecule has 4 heteroatoms. The van der Waals surface area contributed by atoms with Crippen molar-refractivity contribution < 1.29 is 9.90 Å². The van der Waals surface area contributed by atoms with Gasteiger partial charge in [-0.05, 0) is 35.7 Å². The van der Waals surface area contributed by atoms with Gasteiger partial charge in [0.25, 0.3) is 0 Å². The lowest BCUT2D eigenvalue weighted by atomic mass is 10.0. The van der Waals surface area contributed by atoms with Gasteiger partial charge in [-0.25, -0.2) is 0 Å². The Bertz CT molecular complexity index is 700. The normalized spacial score (nSPS) is 11.5. The van der Waals surface area contributed by atoms with Crippen LogP contribution in [0.4, 0.5) is 5.69 Å². The molecule has 21 heavy (non-hydrogen) atoms. The molecular weight excluding hydrogens is 264 g/mol. The predicted octanol–water partition coefficient (Wildman–Crippen LogP) is 3.64. The molecule has 0 aromatic heterocycles. The van der Waals surface area contributed by atoms with Crippen LogP contribution < -0.4 is 5.32 Å². The van der Waals surface area contributed by atoms with E-state index in [1.165, 1.54) is 30.2 Å². The number of fused-ring (bicyclic) bond motifs is 1. The van der Waals surface area contributed by atoms with Crippen molar-refractivity contribution in [2.45, 2.75) is 19.8 Å². The zero-order chi connectivity index (χ0) is 15.4. The minimum absolute atomic E-state index is 0.0626. The fourth-order valence-electron chi connectivity index (χ4n) is 1.96. The van der Waals surface area contributed by atoms with E-state index in [0.29, 0.717) is 11.3 Å². The first kappa shape index (κ1) is 14.6. The van der Waals surface area contributed by atoms with Gasteiger partial charge in [0.15, 0.2) is 0 Å². The van der Waals surface area contributed by atoms with E-state index in [1.807, 2.05) is 0 Å². The number of rotatable bonds is 2. The highest BCUT2D eigenvalue weighted by atomic mass is 16.3. The number of nitrogens with zero attached hydrogens (tertiary/aromatic N) is 1. The monoisotopic (exact) mass is 280 g/mol. The smallest absolute Gasteiger partial charge is 0.221 e. The molecule has 4 nitrogen and oxygen atoms in total. The van der Waals surface area contributed by atoms with Crippen LogP contribution in [0, 0.1) is 11.3 Å². The number of amides is 1. The van der Waals surface area contributed by atoms with Gasteiger partial charge in [0.05, 0.1) is 12.0 Å².